The summed E-state index contributed by atoms with van der Waals surface area (Å²) >= 11 is 0. The fraction of sp³-hybridized carbons (Fsp3) is 0.200. The van der Waals surface area contributed by atoms with Crippen LogP contribution in [0.1, 0.15) is 15.9 Å². The molecule has 0 spiro atoms. The van der Waals surface area contributed by atoms with E-state index in [2.05, 4.69) is 9.89 Å². The molecule has 0 aliphatic rings. The molecule has 17 heavy (non-hydrogen) atoms. The van der Waals surface area contributed by atoms with Crippen molar-refractivity contribution >= 4 is 11.8 Å². The van der Waals surface area contributed by atoms with Crippen molar-refractivity contribution in [3.8, 4) is 5.75 Å². The Morgan fingerprint density at radius 3 is 2.59 bits per heavy atom. The van der Waals surface area contributed by atoms with E-state index in [1.165, 1.54) is 13.2 Å². The minimum atomic E-state index is -0.881. The second kappa shape index (κ2) is 5.15. The minimum Gasteiger partial charge on any atom is -0.494 e. The molecule has 0 heterocycles. The van der Waals surface area contributed by atoms with Crippen LogP contribution in [-0.2, 0) is 4.74 Å². The van der Waals surface area contributed by atoms with Gasteiger partial charge in [-0.05, 0) is 12.1 Å². The highest BCUT2D eigenvalue weighted by molar-refractivity contribution is 6.00. The van der Waals surface area contributed by atoms with Gasteiger partial charge in [-0.25, -0.2) is 9.18 Å². The number of oxime groups is 1. The van der Waals surface area contributed by atoms with E-state index in [1.807, 2.05) is 0 Å². The summed E-state index contributed by atoms with van der Waals surface area (Å²) in [4.78, 5) is 11.3. The SMILES string of the molecule is COC(=O)c1cc(/C(N)=N/O)cc(OC)c1F. The molecule has 0 atom stereocenters. The summed E-state index contributed by atoms with van der Waals surface area (Å²) in [6, 6.07) is 2.32. The van der Waals surface area contributed by atoms with E-state index in [1.54, 1.807) is 0 Å². The van der Waals surface area contributed by atoms with Crippen LogP contribution >= 0.6 is 0 Å². The summed E-state index contributed by atoms with van der Waals surface area (Å²) in [7, 11) is 2.35. The maximum Gasteiger partial charge on any atom is 0.341 e. The predicted octanol–water partition coefficient (Wildman–Crippen LogP) is 0.715. The van der Waals surface area contributed by atoms with Crippen molar-refractivity contribution < 1.29 is 23.9 Å². The number of rotatable bonds is 3. The van der Waals surface area contributed by atoms with E-state index in [0.29, 0.717) is 0 Å². The fourth-order valence-electron chi connectivity index (χ4n) is 1.21. The lowest BCUT2D eigenvalue weighted by Crippen LogP contribution is -2.16. The largest absolute Gasteiger partial charge is 0.494 e. The molecule has 0 saturated heterocycles. The van der Waals surface area contributed by atoms with Gasteiger partial charge in [-0.2, -0.15) is 0 Å². The van der Waals surface area contributed by atoms with Crippen LogP contribution in [0.3, 0.4) is 0 Å². The Balaban J connectivity index is 3.44. The van der Waals surface area contributed by atoms with Gasteiger partial charge in [0.25, 0.3) is 0 Å². The van der Waals surface area contributed by atoms with Crippen molar-refractivity contribution in [2.24, 2.45) is 10.9 Å². The van der Waals surface area contributed by atoms with Gasteiger partial charge in [0.05, 0.1) is 19.8 Å². The predicted molar refractivity (Wildman–Crippen MR) is 56.8 cm³/mol. The van der Waals surface area contributed by atoms with Gasteiger partial charge in [-0.1, -0.05) is 5.16 Å². The number of nitrogens with two attached hydrogens (primary N) is 1. The van der Waals surface area contributed by atoms with Crippen LogP contribution in [0.4, 0.5) is 4.39 Å². The molecule has 0 aromatic heterocycles. The Labute approximate surface area is 96.4 Å². The molecule has 0 radical (unpaired) electrons. The topological polar surface area (TPSA) is 94.1 Å². The van der Waals surface area contributed by atoms with Gasteiger partial charge < -0.3 is 20.4 Å². The number of carbonyl (C=O) groups is 1. The first kappa shape index (κ1) is 12.8. The zero-order valence-electron chi connectivity index (χ0n) is 9.23. The maximum absolute atomic E-state index is 13.7. The Bertz CT molecular complexity index is 474. The molecule has 1 aromatic rings. The van der Waals surface area contributed by atoms with Gasteiger partial charge in [-0.3, -0.25) is 0 Å². The second-order valence-electron chi connectivity index (χ2n) is 3.02. The number of hydrogen-bond acceptors (Lipinski definition) is 5. The summed E-state index contributed by atoms with van der Waals surface area (Å²) in [6.07, 6.45) is 0. The van der Waals surface area contributed by atoms with Gasteiger partial charge in [0, 0.05) is 5.56 Å². The first-order valence-corrected chi connectivity index (χ1v) is 4.48. The van der Waals surface area contributed by atoms with Crippen LogP contribution in [0.2, 0.25) is 0 Å². The van der Waals surface area contributed by atoms with Crippen LogP contribution in [0.5, 0.6) is 5.75 Å². The van der Waals surface area contributed by atoms with Crippen molar-refractivity contribution in [3.05, 3.63) is 29.1 Å². The van der Waals surface area contributed by atoms with E-state index < -0.39 is 11.8 Å². The molecule has 0 amide bonds. The maximum atomic E-state index is 13.7. The molecule has 0 fully saturated rings. The quantitative estimate of drug-likeness (QED) is 0.268. The molecule has 0 aliphatic heterocycles. The zero-order chi connectivity index (χ0) is 13.0. The van der Waals surface area contributed by atoms with Crippen molar-refractivity contribution in [3.63, 3.8) is 0 Å². The van der Waals surface area contributed by atoms with Gasteiger partial charge in [0.1, 0.15) is 0 Å². The Morgan fingerprint density at radius 1 is 1.47 bits per heavy atom. The molecule has 1 rings (SSSR count). The Morgan fingerprint density at radius 2 is 2.12 bits per heavy atom. The van der Waals surface area contributed by atoms with Crippen LogP contribution in [0.15, 0.2) is 17.3 Å². The van der Waals surface area contributed by atoms with Gasteiger partial charge >= 0.3 is 5.97 Å². The van der Waals surface area contributed by atoms with Crippen LogP contribution < -0.4 is 10.5 Å². The van der Waals surface area contributed by atoms with E-state index in [0.717, 1.165) is 13.2 Å². The van der Waals surface area contributed by atoms with E-state index >= 15 is 0 Å². The molecule has 0 bridgehead atoms. The highest BCUT2D eigenvalue weighted by Crippen LogP contribution is 2.23. The lowest BCUT2D eigenvalue weighted by molar-refractivity contribution is 0.0594. The van der Waals surface area contributed by atoms with Crippen molar-refractivity contribution in [2.75, 3.05) is 14.2 Å². The summed E-state index contributed by atoms with van der Waals surface area (Å²) in [5, 5.41) is 11.3. The van der Waals surface area contributed by atoms with Crippen LogP contribution in [-0.4, -0.2) is 31.2 Å². The molecule has 3 N–H and O–H groups in total. The lowest BCUT2D eigenvalue weighted by Gasteiger charge is -2.09. The van der Waals surface area contributed by atoms with E-state index in [-0.39, 0.29) is 22.7 Å². The number of esters is 1. The fourth-order valence-corrected chi connectivity index (χ4v) is 1.21. The molecule has 6 nitrogen and oxygen atoms in total. The molecule has 0 unspecified atom stereocenters. The molecule has 0 aliphatic carbocycles. The van der Waals surface area contributed by atoms with Gasteiger partial charge in [0.15, 0.2) is 17.4 Å². The average Bonchev–Trinajstić information content (AvgIpc) is 2.37. The van der Waals surface area contributed by atoms with Gasteiger partial charge in [-0.15, -0.1) is 0 Å². The molecule has 7 heteroatoms. The smallest absolute Gasteiger partial charge is 0.341 e. The van der Waals surface area contributed by atoms with Gasteiger partial charge in [0.2, 0.25) is 0 Å². The molecule has 92 valence electrons. The lowest BCUT2D eigenvalue weighted by atomic mass is 10.1. The first-order chi connectivity index (χ1) is 8.04. The highest BCUT2D eigenvalue weighted by atomic mass is 19.1. The average molecular weight is 242 g/mol. The molecular formula is C10H11FN2O4. The van der Waals surface area contributed by atoms with E-state index in [9.17, 15) is 9.18 Å². The summed E-state index contributed by atoms with van der Waals surface area (Å²) < 4.78 is 22.8. The van der Waals surface area contributed by atoms with Crippen LogP contribution in [0, 0.1) is 5.82 Å². The number of methoxy groups -OCH3 is 2. The number of ether oxygens (including phenoxy) is 2. The van der Waals surface area contributed by atoms with Crippen molar-refractivity contribution in [2.45, 2.75) is 0 Å². The monoisotopic (exact) mass is 242 g/mol. The third kappa shape index (κ3) is 2.44. The highest BCUT2D eigenvalue weighted by Gasteiger charge is 2.19. The normalized spacial score (nSPS) is 11.1. The molecular weight excluding hydrogens is 231 g/mol. The number of halogens is 1. The van der Waals surface area contributed by atoms with Crippen LogP contribution in [0.25, 0.3) is 0 Å². The molecule has 1 aromatic carbocycles. The second-order valence-corrected chi connectivity index (χ2v) is 3.02. The third-order valence-corrected chi connectivity index (χ3v) is 2.07. The standard InChI is InChI=1S/C10H11FN2O4/c1-16-7-4-5(9(12)13-15)3-6(8(7)11)10(14)17-2/h3-4,15H,1-2H3,(H2,12,13). The first-order valence-electron chi connectivity index (χ1n) is 4.48. The van der Waals surface area contributed by atoms with Crippen molar-refractivity contribution in [1.29, 1.82) is 0 Å². The number of hydrogen-bond donors (Lipinski definition) is 2. The van der Waals surface area contributed by atoms with E-state index in [4.69, 9.17) is 15.7 Å². The Hall–Kier alpha value is -2.31. The summed E-state index contributed by atoms with van der Waals surface area (Å²) in [6.45, 7) is 0. The zero-order valence-corrected chi connectivity index (χ0v) is 9.23. The third-order valence-electron chi connectivity index (χ3n) is 2.07. The summed E-state index contributed by atoms with van der Waals surface area (Å²) in [5.41, 5.74) is 5.14. The number of amidine groups is 1. The molecule has 0 saturated carbocycles. The number of nitrogens with zero attached hydrogens (tertiary/aromatic N) is 1. The summed E-state index contributed by atoms with van der Waals surface area (Å²) in [5.74, 6) is -2.22. The number of carbonyl (C=O) groups excluding carboxylic acids is 1. The minimum absolute atomic E-state index is 0.145. The number of benzene rings is 1. The van der Waals surface area contributed by atoms with Crippen molar-refractivity contribution in [1.82, 2.24) is 0 Å². The Kier molecular flexibility index (Phi) is 3.86.